The fraction of sp³-hybridized carbons (Fsp3) is 0.818. The zero-order valence-corrected chi connectivity index (χ0v) is 8.01. The van der Waals surface area contributed by atoms with Gasteiger partial charge in [-0.15, -0.1) is 0 Å². The van der Waals surface area contributed by atoms with Gasteiger partial charge in [0.2, 0.25) is 0 Å². The fourth-order valence-electron chi connectivity index (χ4n) is 2.17. The van der Waals surface area contributed by atoms with Gasteiger partial charge in [0.25, 0.3) is 0 Å². The van der Waals surface area contributed by atoms with E-state index in [2.05, 4.69) is 32.9 Å². The summed E-state index contributed by atoms with van der Waals surface area (Å²) in [5, 5.41) is 0. The van der Waals surface area contributed by atoms with Gasteiger partial charge < -0.3 is 0 Å². The van der Waals surface area contributed by atoms with Crippen LogP contribution in [0.25, 0.3) is 0 Å². The lowest BCUT2D eigenvalue weighted by Crippen LogP contribution is -2.16. The molecule has 0 heteroatoms. The summed E-state index contributed by atoms with van der Waals surface area (Å²) < 4.78 is 0. The van der Waals surface area contributed by atoms with E-state index in [1.165, 1.54) is 19.3 Å². The summed E-state index contributed by atoms with van der Waals surface area (Å²) in [4.78, 5) is 0. The third kappa shape index (κ3) is 2.36. The highest BCUT2D eigenvalue weighted by atomic mass is 14.3. The first-order valence-corrected chi connectivity index (χ1v) is 4.87. The molecule has 1 rings (SSSR count). The summed E-state index contributed by atoms with van der Waals surface area (Å²) in [6.45, 7) is 7.10. The Morgan fingerprint density at radius 1 is 1.27 bits per heavy atom. The van der Waals surface area contributed by atoms with Gasteiger partial charge in [-0.2, -0.15) is 0 Å². The van der Waals surface area contributed by atoms with Crippen LogP contribution in [0.4, 0.5) is 0 Å². The molecule has 0 aromatic rings. The van der Waals surface area contributed by atoms with Crippen molar-refractivity contribution in [3.05, 3.63) is 12.2 Å². The van der Waals surface area contributed by atoms with Crippen LogP contribution in [0.3, 0.4) is 0 Å². The van der Waals surface area contributed by atoms with Crippen LogP contribution in [-0.4, -0.2) is 0 Å². The normalized spacial score (nSPS) is 32.4. The lowest BCUT2D eigenvalue weighted by atomic mass is 9.81. The summed E-state index contributed by atoms with van der Waals surface area (Å²) in [5.74, 6) is 2.71. The minimum atomic E-state index is 0.866. The predicted molar refractivity (Wildman–Crippen MR) is 50.5 cm³/mol. The first kappa shape index (κ1) is 8.83. The summed E-state index contributed by atoms with van der Waals surface area (Å²) in [6.07, 6.45) is 8.69. The minimum absolute atomic E-state index is 0.866. The van der Waals surface area contributed by atoms with E-state index in [0.29, 0.717) is 0 Å². The average Bonchev–Trinajstić information content (AvgIpc) is 2.13. The van der Waals surface area contributed by atoms with Crippen LogP contribution in [0, 0.1) is 17.8 Å². The zero-order chi connectivity index (χ0) is 8.27. The van der Waals surface area contributed by atoms with Gasteiger partial charge in [0.05, 0.1) is 0 Å². The Kier molecular flexibility index (Phi) is 3.16. The summed E-state index contributed by atoms with van der Waals surface area (Å²) in [6, 6.07) is 0. The van der Waals surface area contributed by atoms with Crippen molar-refractivity contribution in [3.8, 4) is 0 Å². The average molecular weight is 152 g/mol. The molecule has 0 saturated carbocycles. The van der Waals surface area contributed by atoms with E-state index in [0.717, 1.165) is 17.8 Å². The Hall–Kier alpha value is -0.260. The monoisotopic (exact) mass is 152 g/mol. The predicted octanol–water partition coefficient (Wildman–Crippen LogP) is 3.63. The van der Waals surface area contributed by atoms with Crippen molar-refractivity contribution in [2.24, 2.45) is 17.8 Å². The molecule has 0 aliphatic heterocycles. The van der Waals surface area contributed by atoms with Gasteiger partial charge in [-0.05, 0) is 37.0 Å². The topological polar surface area (TPSA) is 0 Å². The molecule has 0 spiro atoms. The molecule has 0 amide bonds. The number of hydrogen-bond donors (Lipinski definition) is 0. The minimum Gasteiger partial charge on any atom is -0.0885 e. The molecule has 0 N–H and O–H groups in total. The molecule has 0 saturated heterocycles. The molecule has 0 radical (unpaired) electrons. The lowest BCUT2D eigenvalue weighted by molar-refractivity contribution is 0.261. The summed E-state index contributed by atoms with van der Waals surface area (Å²) in [7, 11) is 0. The molecule has 0 bridgehead atoms. The van der Waals surface area contributed by atoms with Crippen LogP contribution < -0.4 is 0 Å². The molecule has 0 nitrogen and oxygen atoms in total. The Labute approximate surface area is 70.7 Å². The van der Waals surface area contributed by atoms with Gasteiger partial charge in [0.15, 0.2) is 0 Å². The third-order valence-electron chi connectivity index (χ3n) is 2.93. The van der Waals surface area contributed by atoms with Gasteiger partial charge in [0.1, 0.15) is 0 Å². The van der Waals surface area contributed by atoms with Gasteiger partial charge >= 0.3 is 0 Å². The molecule has 0 fully saturated rings. The maximum Gasteiger partial charge on any atom is -0.0322 e. The maximum absolute atomic E-state index is 2.39. The van der Waals surface area contributed by atoms with Crippen LogP contribution in [0.2, 0.25) is 0 Å². The van der Waals surface area contributed by atoms with Crippen molar-refractivity contribution >= 4 is 0 Å². The molecule has 1 aliphatic carbocycles. The zero-order valence-electron chi connectivity index (χ0n) is 8.01. The highest BCUT2D eigenvalue weighted by Gasteiger charge is 2.20. The van der Waals surface area contributed by atoms with E-state index in [1.54, 1.807) is 0 Å². The second kappa shape index (κ2) is 3.94. The molecule has 0 aromatic heterocycles. The molecule has 1 aliphatic rings. The molecule has 0 aromatic carbocycles. The fourth-order valence-corrected chi connectivity index (χ4v) is 2.17. The van der Waals surface area contributed by atoms with Crippen molar-refractivity contribution in [2.45, 2.75) is 40.0 Å². The number of rotatable bonds is 1. The van der Waals surface area contributed by atoms with Crippen molar-refractivity contribution in [1.29, 1.82) is 0 Å². The Bertz CT molecular complexity index is 133. The van der Waals surface area contributed by atoms with Crippen LogP contribution >= 0.6 is 0 Å². The second-order valence-corrected chi connectivity index (χ2v) is 4.17. The lowest BCUT2D eigenvalue weighted by Gasteiger charge is -2.24. The maximum atomic E-state index is 2.39. The van der Waals surface area contributed by atoms with Gasteiger partial charge in [-0.1, -0.05) is 32.9 Å². The Morgan fingerprint density at radius 3 is 2.64 bits per heavy atom. The molecule has 0 heterocycles. The van der Waals surface area contributed by atoms with Crippen molar-refractivity contribution in [1.82, 2.24) is 0 Å². The van der Waals surface area contributed by atoms with E-state index in [4.69, 9.17) is 0 Å². The second-order valence-electron chi connectivity index (χ2n) is 4.17. The quantitative estimate of drug-likeness (QED) is 0.503. The van der Waals surface area contributed by atoms with Crippen LogP contribution in [0.5, 0.6) is 0 Å². The van der Waals surface area contributed by atoms with Gasteiger partial charge in [-0.25, -0.2) is 0 Å². The summed E-state index contributed by atoms with van der Waals surface area (Å²) in [5.41, 5.74) is 0. The highest BCUT2D eigenvalue weighted by molar-refractivity contribution is 4.90. The first-order chi connectivity index (χ1) is 5.22. The SMILES string of the molecule is CC(C)C1CCC=CCC1C. The smallest absolute Gasteiger partial charge is 0.0322 e. The van der Waals surface area contributed by atoms with Crippen LogP contribution in [-0.2, 0) is 0 Å². The molecular weight excluding hydrogens is 132 g/mol. The van der Waals surface area contributed by atoms with Gasteiger partial charge in [-0.3, -0.25) is 0 Å². The van der Waals surface area contributed by atoms with Crippen molar-refractivity contribution < 1.29 is 0 Å². The highest BCUT2D eigenvalue weighted by Crippen LogP contribution is 2.30. The summed E-state index contributed by atoms with van der Waals surface area (Å²) >= 11 is 0. The molecule has 11 heavy (non-hydrogen) atoms. The van der Waals surface area contributed by atoms with Crippen molar-refractivity contribution in [3.63, 3.8) is 0 Å². The molecule has 2 unspecified atom stereocenters. The van der Waals surface area contributed by atoms with Crippen LogP contribution in [0.15, 0.2) is 12.2 Å². The van der Waals surface area contributed by atoms with Crippen molar-refractivity contribution in [2.75, 3.05) is 0 Å². The molecule has 2 atom stereocenters. The van der Waals surface area contributed by atoms with E-state index in [1.807, 2.05) is 0 Å². The molecular formula is C11H20. The number of allylic oxidation sites excluding steroid dienone is 2. The Morgan fingerprint density at radius 2 is 2.00 bits per heavy atom. The van der Waals surface area contributed by atoms with E-state index in [9.17, 15) is 0 Å². The van der Waals surface area contributed by atoms with Crippen LogP contribution in [0.1, 0.15) is 40.0 Å². The Balaban J connectivity index is 2.51. The number of hydrogen-bond acceptors (Lipinski definition) is 0. The van der Waals surface area contributed by atoms with Gasteiger partial charge in [0, 0.05) is 0 Å². The standard InChI is InChI=1S/C11H20/c1-9(2)11-8-6-4-5-7-10(11)3/h4-5,9-11H,6-8H2,1-3H3. The van der Waals surface area contributed by atoms with E-state index < -0.39 is 0 Å². The molecule has 64 valence electrons. The van der Waals surface area contributed by atoms with E-state index >= 15 is 0 Å². The largest absolute Gasteiger partial charge is 0.0885 e. The van der Waals surface area contributed by atoms with E-state index in [-0.39, 0.29) is 0 Å². The first-order valence-electron chi connectivity index (χ1n) is 4.87. The third-order valence-corrected chi connectivity index (χ3v) is 2.93.